The lowest BCUT2D eigenvalue weighted by atomic mass is 9.99. The van der Waals surface area contributed by atoms with Gasteiger partial charge in [0.1, 0.15) is 42.3 Å². The molecule has 2 unspecified atom stereocenters. The van der Waals surface area contributed by atoms with Gasteiger partial charge in [0.2, 0.25) is 0 Å². The minimum atomic E-state index is -1.26. The maximum atomic E-state index is 12.1. The van der Waals surface area contributed by atoms with E-state index < -0.39 is 12.4 Å². The van der Waals surface area contributed by atoms with E-state index in [1.54, 1.807) is 24.3 Å². The molecule has 0 spiro atoms. The van der Waals surface area contributed by atoms with Crippen LogP contribution in [0.3, 0.4) is 0 Å². The van der Waals surface area contributed by atoms with Gasteiger partial charge in [0.05, 0.1) is 11.1 Å². The summed E-state index contributed by atoms with van der Waals surface area (Å²) in [5.74, 6) is 0.607. The van der Waals surface area contributed by atoms with Crippen molar-refractivity contribution in [3.63, 3.8) is 0 Å². The molecule has 0 aliphatic heterocycles. The third kappa shape index (κ3) is 9.50. The predicted molar refractivity (Wildman–Crippen MR) is 182 cm³/mol. The number of ether oxygens (including phenoxy) is 3. The first kappa shape index (κ1) is 36.3. The molecule has 4 aromatic rings. The van der Waals surface area contributed by atoms with Crippen molar-refractivity contribution >= 4 is 5.78 Å². The zero-order chi connectivity index (χ0) is 34.8. The summed E-state index contributed by atoms with van der Waals surface area (Å²) < 4.78 is 16.5. The largest absolute Gasteiger partial charge is 0.507 e. The maximum absolute atomic E-state index is 12.1. The van der Waals surface area contributed by atoms with Crippen molar-refractivity contribution in [1.29, 1.82) is 0 Å². The van der Waals surface area contributed by atoms with Gasteiger partial charge >= 0.3 is 0 Å². The average Bonchev–Trinajstić information content (AvgIpc) is 3.04. The molecular formula is C37H45N3O8. The average molecular weight is 660 g/mol. The van der Waals surface area contributed by atoms with Crippen LogP contribution in [0.25, 0.3) is 34.2 Å². The first-order valence-corrected chi connectivity index (χ1v) is 16.3. The van der Waals surface area contributed by atoms with E-state index in [1.165, 1.54) is 12.1 Å². The molecule has 256 valence electrons. The van der Waals surface area contributed by atoms with Crippen molar-refractivity contribution in [2.75, 3.05) is 19.8 Å². The second-order valence-corrected chi connectivity index (χ2v) is 11.8. The summed E-state index contributed by atoms with van der Waals surface area (Å²) in [7, 11) is 0. The highest BCUT2D eigenvalue weighted by Gasteiger charge is 2.20. The van der Waals surface area contributed by atoms with Crippen LogP contribution in [0.1, 0.15) is 62.6 Å². The van der Waals surface area contributed by atoms with Crippen LogP contribution in [0.15, 0.2) is 48.5 Å². The van der Waals surface area contributed by atoms with E-state index in [0.717, 1.165) is 41.5 Å². The Morgan fingerprint density at radius 3 is 1.77 bits per heavy atom. The van der Waals surface area contributed by atoms with Gasteiger partial charge in [-0.1, -0.05) is 44.4 Å². The fourth-order valence-corrected chi connectivity index (χ4v) is 5.21. The molecule has 4 rings (SSSR count). The van der Waals surface area contributed by atoms with Gasteiger partial charge in [-0.05, 0) is 69.0 Å². The number of aromatic nitrogens is 3. The summed E-state index contributed by atoms with van der Waals surface area (Å²) in [6.07, 6.45) is 1.22. The molecule has 11 nitrogen and oxygen atoms in total. The number of aryl methyl sites for hydroxylation is 3. The summed E-state index contributed by atoms with van der Waals surface area (Å²) in [6, 6.07) is 13.2. The highest BCUT2D eigenvalue weighted by atomic mass is 16.6. The highest BCUT2D eigenvalue weighted by molar-refractivity contribution is 5.83. The molecule has 0 aliphatic rings. The van der Waals surface area contributed by atoms with Crippen LogP contribution in [0.5, 0.6) is 23.0 Å². The molecule has 1 heterocycles. The number of Topliss-reactive ketones (excluding diaryl/α,β-unsaturated/α-hetero) is 1. The number of phenols is 2. The fourth-order valence-electron chi connectivity index (χ4n) is 5.21. The number of ketones is 1. The number of aliphatic hydroxyl groups is 2. The van der Waals surface area contributed by atoms with Gasteiger partial charge in [-0.15, -0.1) is 0 Å². The molecule has 0 amide bonds. The SMILES string of the molecule is CCCCOC(O)COc1ccc(-c2nc(-c3ccc(OCC(O)C(=O)CCCC)cc3O)nc(-c3c(C)cc(C)cc3C)n2)c(O)c1. The van der Waals surface area contributed by atoms with Crippen LogP contribution in [0.4, 0.5) is 0 Å². The number of hydrogen-bond donors (Lipinski definition) is 4. The van der Waals surface area contributed by atoms with Crippen molar-refractivity contribution < 1.29 is 39.4 Å². The second kappa shape index (κ2) is 17.0. The van der Waals surface area contributed by atoms with E-state index in [0.29, 0.717) is 30.2 Å². The number of rotatable bonds is 17. The van der Waals surface area contributed by atoms with Crippen molar-refractivity contribution in [3.8, 4) is 57.2 Å². The summed E-state index contributed by atoms with van der Waals surface area (Å²) >= 11 is 0. The Balaban J connectivity index is 1.67. The molecule has 3 aromatic carbocycles. The minimum absolute atomic E-state index is 0.109. The van der Waals surface area contributed by atoms with Crippen molar-refractivity contribution in [2.45, 2.75) is 79.1 Å². The zero-order valence-electron chi connectivity index (χ0n) is 28.2. The molecule has 4 N–H and O–H groups in total. The lowest BCUT2D eigenvalue weighted by Gasteiger charge is -2.15. The molecule has 2 atom stereocenters. The van der Waals surface area contributed by atoms with Gasteiger partial charge < -0.3 is 34.6 Å². The van der Waals surface area contributed by atoms with Crippen LogP contribution >= 0.6 is 0 Å². The Labute approximate surface area is 281 Å². The Morgan fingerprint density at radius 1 is 0.729 bits per heavy atom. The summed E-state index contributed by atoms with van der Waals surface area (Å²) in [6.45, 7) is 10.0. The number of aliphatic hydroxyl groups excluding tert-OH is 2. The van der Waals surface area contributed by atoms with Gasteiger partial charge in [-0.25, -0.2) is 15.0 Å². The zero-order valence-corrected chi connectivity index (χ0v) is 28.2. The summed E-state index contributed by atoms with van der Waals surface area (Å²) in [4.78, 5) is 26.2. The molecular weight excluding hydrogens is 614 g/mol. The van der Waals surface area contributed by atoms with Crippen LogP contribution in [0.2, 0.25) is 0 Å². The van der Waals surface area contributed by atoms with Crippen LogP contribution in [-0.4, -0.2) is 73.4 Å². The van der Waals surface area contributed by atoms with Crippen LogP contribution in [0, 0.1) is 20.8 Å². The van der Waals surface area contributed by atoms with Crippen molar-refractivity contribution in [1.82, 2.24) is 15.0 Å². The molecule has 0 bridgehead atoms. The molecule has 0 saturated heterocycles. The molecule has 0 radical (unpaired) electrons. The molecule has 0 aliphatic carbocycles. The Hall–Kier alpha value is -4.58. The quantitative estimate of drug-likeness (QED) is 0.0751. The monoisotopic (exact) mass is 659 g/mol. The summed E-state index contributed by atoms with van der Waals surface area (Å²) in [5.41, 5.74) is 4.36. The summed E-state index contributed by atoms with van der Waals surface area (Å²) in [5, 5.41) is 42.3. The fraction of sp³-hybridized carbons (Fsp3) is 0.405. The van der Waals surface area contributed by atoms with E-state index in [1.807, 2.05) is 46.8 Å². The molecule has 48 heavy (non-hydrogen) atoms. The normalized spacial score (nSPS) is 12.5. The number of hydrogen-bond acceptors (Lipinski definition) is 11. The smallest absolute Gasteiger partial charge is 0.189 e. The van der Waals surface area contributed by atoms with E-state index in [9.17, 15) is 25.2 Å². The van der Waals surface area contributed by atoms with Gasteiger partial charge in [-0.3, -0.25) is 4.79 Å². The predicted octanol–water partition coefficient (Wildman–Crippen LogP) is 6.22. The highest BCUT2D eigenvalue weighted by Crippen LogP contribution is 2.36. The number of benzene rings is 3. The number of carbonyl (C=O) groups excluding carboxylic acids is 1. The number of aromatic hydroxyl groups is 2. The topological polar surface area (TPSA) is 164 Å². The standard InChI is InChI=1S/C37H45N3O8/c1-6-8-10-29(41)32(44)20-47-25-11-13-27(30(42)18-25)35-38-36(40-37(39-35)34-23(4)16-22(3)17-24(34)5)28-14-12-26(19-31(28)43)48-21-33(45)46-15-9-7-2/h11-14,16-19,32-33,42-45H,6-10,15,20-21H2,1-5H3. The lowest BCUT2D eigenvalue weighted by molar-refractivity contribution is -0.128. The number of phenolic OH excluding ortho intramolecular Hbond substituents is 2. The Morgan fingerprint density at radius 2 is 1.25 bits per heavy atom. The minimum Gasteiger partial charge on any atom is -0.507 e. The maximum Gasteiger partial charge on any atom is 0.189 e. The number of nitrogens with zero attached hydrogens (tertiary/aromatic N) is 3. The first-order chi connectivity index (χ1) is 23.0. The van der Waals surface area contributed by atoms with Crippen molar-refractivity contribution in [2.24, 2.45) is 0 Å². The third-order valence-corrected chi connectivity index (χ3v) is 7.71. The second-order valence-electron chi connectivity index (χ2n) is 11.8. The molecule has 1 aromatic heterocycles. The molecule has 0 fully saturated rings. The van der Waals surface area contributed by atoms with Crippen LogP contribution in [-0.2, 0) is 9.53 Å². The van der Waals surface area contributed by atoms with Crippen LogP contribution < -0.4 is 9.47 Å². The lowest BCUT2D eigenvalue weighted by Crippen LogP contribution is -2.27. The molecule has 11 heteroatoms. The van der Waals surface area contributed by atoms with E-state index >= 15 is 0 Å². The third-order valence-electron chi connectivity index (χ3n) is 7.71. The Bertz CT molecular complexity index is 1690. The van der Waals surface area contributed by atoms with Gasteiger partial charge in [0.25, 0.3) is 0 Å². The van der Waals surface area contributed by atoms with E-state index in [4.69, 9.17) is 24.2 Å². The number of carbonyl (C=O) groups is 1. The van der Waals surface area contributed by atoms with Crippen molar-refractivity contribution in [3.05, 3.63) is 65.2 Å². The van der Waals surface area contributed by atoms with Gasteiger partial charge in [0, 0.05) is 30.7 Å². The number of unbranched alkanes of at least 4 members (excludes halogenated alkanes) is 2. The van der Waals surface area contributed by atoms with E-state index in [-0.39, 0.29) is 59.9 Å². The van der Waals surface area contributed by atoms with E-state index in [2.05, 4.69) is 4.98 Å². The van der Waals surface area contributed by atoms with Gasteiger partial charge in [-0.2, -0.15) is 0 Å². The Kier molecular flexibility index (Phi) is 12.8. The first-order valence-electron chi connectivity index (χ1n) is 16.3. The molecule has 0 saturated carbocycles. The van der Waals surface area contributed by atoms with Gasteiger partial charge in [0.15, 0.2) is 29.5 Å².